The second kappa shape index (κ2) is 10.9. The monoisotopic (exact) mass is 521 g/mol. The molecule has 3 aromatic carbocycles. The molecule has 194 valence electrons. The van der Waals surface area contributed by atoms with Gasteiger partial charge in [-0.2, -0.15) is 13.2 Å². The van der Waals surface area contributed by atoms with E-state index in [0.29, 0.717) is 28.6 Å². The number of nitrogens with one attached hydrogen (secondary N) is 4. The van der Waals surface area contributed by atoms with E-state index in [-0.39, 0.29) is 16.9 Å². The molecule has 0 aliphatic carbocycles. The van der Waals surface area contributed by atoms with Crippen molar-refractivity contribution in [3.8, 4) is 0 Å². The van der Waals surface area contributed by atoms with Gasteiger partial charge in [-0.1, -0.05) is 18.2 Å². The topological polar surface area (TPSA) is 134 Å². The number of nitrogens with two attached hydrogens (primary N) is 1. The van der Waals surface area contributed by atoms with E-state index >= 15 is 0 Å². The first-order chi connectivity index (χ1) is 18.1. The number of alkyl halides is 3. The number of hydrogen-bond acceptors (Lipinski definition) is 6. The minimum Gasteiger partial charge on any atom is -0.399 e. The Balaban J connectivity index is 1.39. The lowest BCUT2D eigenvalue weighted by molar-refractivity contribution is -0.137. The first-order valence-corrected chi connectivity index (χ1v) is 11.2. The summed E-state index contributed by atoms with van der Waals surface area (Å²) in [6, 6.07) is 15.2. The van der Waals surface area contributed by atoms with Crippen molar-refractivity contribution in [2.24, 2.45) is 0 Å². The van der Waals surface area contributed by atoms with Crippen LogP contribution in [0.5, 0.6) is 0 Å². The summed E-state index contributed by atoms with van der Waals surface area (Å²) in [6.45, 7) is 1.72. The number of benzene rings is 3. The number of anilines is 6. The highest BCUT2D eigenvalue weighted by molar-refractivity contribution is 6.07. The Morgan fingerprint density at radius 1 is 0.789 bits per heavy atom. The molecule has 6 N–H and O–H groups in total. The van der Waals surface area contributed by atoms with Crippen molar-refractivity contribution >= 4 is 46.3 Å². The first kappa shape index (κ1) is 25.9. The molecule has 1 heterocycles. The quantitative estimate of drug-likeness (QED) is 0.197. The van der Waals surface area contributed by atoms with Crippen molar-refractivity contribution < 1.29 is 22.8 Å². The molecule has 38 heavy (non-hydrogen) atoms. The normalized spacial score (nSPS) is 10.9. The number of aryl methyl sites for hydroxylation is 1. The summed E-state index contributed by atoms with van der Waals surface area (Å²) >= 11 is 0. The molecule has 12 heteroatoms. The third kappa shape index (κ3) is 6.75. The average Bonchev–Trinajstić information content (AvgIpc) is 2.86. The Kier molecular flexibility index (Phi) is 7.42. The van der Waals surface area contributed by atoms with Crippen molar-refractivity contribution in [3.63, 3.8) is 0 Å². The molecule has 4 aromatic rings. The molecule has 0 saturated carbocycles. The standard InChI is InChI=1S/C26H22F3N7O2/c1-15-8-9-20(36-25(38)35-18-6-2-4-16(10-18)26(27,28)29)12-22(15)23(37)33-21-13-31-24(32-14-21)34-19-7-3-5-17(30)11-19/h2-14H,30H2,1H3,(H,33,37)(H,31,32,34)(H2,35,36,38). The van der Waals surface area contributed by atoms with E-state index in [2.05, 4.69) is 31.2 Å². The lowest BCUT2D eigenvalue weighted by Crippen LogP contribution is -2.20. The zero-order valence-corrected chi connectivity index (χ0v) is 19.9. The zero-order valence-electron chi connectivity index (χ0n) is 19.9. The molecule has 0 aliphatic heterocycles. The van der Waals surface area contributed by atoms with Crippen LogP contribution in [0.15, 0.2) is 79.1 Å². The number of amides is 3. The predicted molar refractivity (Wildman–Crippen MR) is 139 cm³/mol. The van der Waals surface area contributed by atoms with Crippen LogP contribution in [0, 0.1) is 6.92 Å². The summed E-state index contributed by atoms with van der Waals surface area (Å²) in [5, 5.41) is 10.6. The molecule has 0 radical (unpaired) electrons. The number of aromatic nitrogens is 2. The number of urea groups is 1. The van der Waals surface area contributed by atoms with Crippen LogP contribution in [0.4, 0.5) is 52.4 Å². The molecule has 0 saturated heterocycles. The molecular weight excluding hydrogens is 499 g/mol. The van der Waals surface area contributed by atoms with Crippen molar-refractivity contribution in [2.45, 2.75) is 13.1 Å². The molecule has 9 nitrogen and oxygen atoms in total. The molecule has 0 unspecified atom stereocenters. The molecule has 3 amide bonds. The minimum atomic E-state index is -4.54. The van der Waals surface area contributed by atoms with Crippen LogP contribution >= 0.6 is 0 Å². The minimum absolute atomic E-state index is 0.0314. The van der Waals surface area contributed by atoms with Crippen LogP contribution in [0.3, 0.4) is 0 Å². The van der Waals surface area contributed by atoms with Gasteiger partial charge in [0.05, 0.1) is 23.6 Å². The second-order valence-corrected chi connectivity index (χ2v) is 8.19. The van der Waals surface area contributed by atoms with Crippen LogP contribution in [0.1, 0.15) is 21.5 Å². The number of nitrogen functional groups attached to an aromatic ring is 1. The molecule has 0 aliphatic rings. The molecular formula is C26H22F3N7O2. The molecule has 4 rings (SSSR count). The Morgan fingerprint density at radius 3 is 2.13 bits per heavy atom. The SMILES string of the molecule is Cc1ccc(NC(=O)Nc2cccc(C(F)(F)F)c2)cc1C(=O)Nc1cnc(Nc2cccc(N)c2)nc1. The lowest BCUT2D eigenvalue weighted by Gasteiger charge is -2.13. The fourth-order valence-electron chi connectivity index (χ4n) is 3.41. The van der Waals surface area contributed by atoms with Crippen LogP contribution in [-0.2, 0) is 6.18 Å². The van der Waals surface area contributed by atoms with Crippen LogP contribution in [0.25, 0.3) is 0 Å². The molecule has 0 atom stereocenters. The van der Waals surface area contributed by atoms with Gasteiger partial charge in [-0.25, -0.2) is 14.8 Å². The highest BCUT2D eigenvalue weighted by atomic mass is 19.4. The maximum Gasteiger partial charge on any atom is 0.416 e. The Bertz CT molecular complexity index is 1470. The van der Waals surface area contributed by atoms with Gasteiger partial charge in [0.1, 0.15) is 0 Å². The predicted octanol–water partition coefficient (Wildman–Crippen LogP) is 6.03. The van der Waals surface area contributed by atoms with Gasteiger partial charge in [0.2, 0.25) is 5.95 Å². The number of rotatable bonds is 6. The van der Waals surface area contributed by atoms with Gasteiger partial charge < -0.3 is 27.0 Å². The maximum absolute atomic E-state index is 12.9. The summed E-state index contributed by atoms with van der Waals surface area (Å²) in [5.74, 6) is -0.160. The number of carbonyl (C=O) groups excluding carboxylic acids is 2. The van der Waals surface area contributed by atoms with Gasteiger partial charge in [0.15, 0.2) is 0 Å². The number of halogens is 3. The summed E-state index contributed by atoms with van der Waals surface area (Å²) < 4.78 is 38.7. The van der Waals surface area contributed by atoms with E-state index < -0.39 is 23.7 Å². The Labute approximate surface area is 215 Å². The zero-order chi connectivity index (χ0) is 27.3. The highest BCUT2D eigenvalue weighted by Crippen LogP contribution is 2.30. The summed E-state index contributed by atoms with van der Waals surface area (Å²) in [5.41, 5.74) is 7.64. The second-order valence-electron chi connectivity index (χ2n) is 8.19. The molecule has 0 fully saturated rings. The van der Waals surface area contributed by atoms with Gasteiger partial charge in [0, 0.05) is 28.3 Å². The summed E-state index contributed by atoms with van der Waals surface area (Å²) in [6.07, 6.45) is -1.68. The Hall–Kier alpha value is -5.13. The van der Waals surface area contributed by atoms with E-state index in [9.17, 15) is 22.8 Å². The smallest absolute Gasteiger partial charge is 0.399 e. The van der Waals surface area contributed by atoms with E-state index in [1.165, 1.54) is 30.6 Å². The van der Waals surface area contributed by atoms with Crippen LogP contribution < -0.4 is 27.0 Å². The fourth-order valence-corrected chi connectivity index (χ4v) is 3.41. The van der Waals surface area contributed by atoms with Gasteiger partial charge in [0.25, 0.3) is 5.91 Å². The van der Waals surface area contributed by atoms with Gasteiger partial charge in [-0.3, -0.25) is 4.79 Å². The fraction of sp³-hybridized carbons (Fsp3) is 0.0769. The largest absolute Gasteiger partial charge is 0.416 e. The molecule has 0 bridgehead atoms. The van der Waals surface area contributed by atoms with E-state index in [0.717, 1.165) is 12.1 Å². The number of carbonyl (C=O) groups is 2. The van der Waals surface area contributed by atoms with Crippen molar-refractivity contribution in [3.05, 3.63) is 95.8 Å². The highest BCUT2D eigenvalue weighted by Gasteiger charge is 2.30. The average molecular weight is 522 g/mol. The van der Waals surface area contributed by atoms with Gasteiger partial charge in [-0.05, 0) is 61.0 Å². The van der Waals surface area contributed by atoms with Crippen molar-refractivity contribution in [1.82, 2.24) is 9.97 Å². The summed E-state index contributed by atoms with van der Waals surface area (Å²) in [4.78, 5) is 33.6. The maximum atomic E-state index is 12.9. The first-order valence-electron chi connectivity index (χ1n) is 11.2. The van der Waals surface area contributed by atoms with Crippen LogP contribution in [0.2, 0.25) is 0 Å². The number of nitrogens with zero attached hydrogens (tertiary/aromatic N) is 2. The third-order valence-electron chi connectivity index (χ3n) is 5.24. The van der Waals surface area contributed by atoms with Gasteiger partial charge >= 0.3 is 12.2 Å². The van der Waals surface area contributed by atoms with E-state index in [4.69, 9.17) is 5.73 Å². The van der Waals surface area contributed by atoms with Gasteiger partial charge in [-0.15, -0.1) is 0 Å². The number of hydrogen-bond donors (Lipinski definition) is 5. The Morgan fingerprint density at radius 2 is 1.45 bits per heavy atom. The molecule has 1 aromatic heterocycles. The summed E-state index contributed by atoms with van der Waals surface area (Å²) in [7, 11) is 0. The van der Waals surface area contributed by atoms with Crippen molar-refractivity contribution in [2.75, 3.05) is 27.0 Å². The van der Waals surface area contributed by atoms with Crippen molar-refractivity contribution in [1.29, 1.82) is 0 Å². The van der Waals surface area contributed by atoms with Crippen LogP contribution in [-0.4, -0.2) is 21.9 Å². The third-order valence-corrected chi connectivity index (χ3v) is 5.24. The van der Waals surface area contributed by atoms with E-state index in [1.54, 1.807) is 43.3 Å². The lowest BCUT2D eigenvalue weighted by atomic mass is 10.1. The molecule has 0 spiro atoms. The van der Waals surface area contributed by atoms with E-state index in [1.807, 2.05) is 0 Å².